The van der Waals surface area contributed by atoms with E-state index in [4.69, 9.17) is 5.73 Å². The predicted octanol–water partition coefficient (Wildman–Crippen LogP) is 2.95. The molecule has 0 unspecified atom stereocenters. The molecule has 1 amide bonds. The Kier molecular flexibility index (Phi) is 4.22. The number of hydrogen-bond donors (Lipinski definition) is 1. The van der Waals surface area contributed by atoms with Crippen molar-refractivity contribution >= 4 is 22.9 Å². The van der Waals surface area contributed by atoms with E-state index < -0.39 is 0 Å². The van der Waals surface area contributed by atoms with Crippen molar-refractivity contribution in [2.24, 2.45) is 0 Å². The Labute approximate surface area is 117 Å². The minimum Gasteiger partial charge on any atom is -0.398 e. The van der Waals surface area contributed by atoms with Crippen LogP contribution in [-0.2, 0) is 6.42 Å². The van der Waals surface area contributed by atoms with Crippen molar-refractivity contribution in [1.29, 1.82) is 0 Å². The van der Waals surface area contributed by atoms with Gasteiger partial charge in [0.05, 0.1) is 5.56 Å². The van der Waals surface area contributed by atoms with Gasteiger partial charge in [0.25, 0.3) is 5.91 Å². The molecule has 1 aromatic carbocycles. The lowest BCUT2D eigenvalue weighted by molar-refractivity contribution is 0.0798. The summed E-state index contributed by atoms with van der Waals surface area (Å²) in [4.78, 5) is 15.3. The molecule has 1 aromatic heterocycles. The van der Waals surface area contributed by atoms with Crippen LogP contribution < -0.4 is 5.73 Å². The van der Waals surface area contributed by atoms with Gasteiger partial charge in [0.1, 0.15) is 0 Å². The molecular formula is C15H18N2OS. The number of carbonyl (C=O) groups is 1. The molecule has 2 aromatic rings. The van der Waals surface area contributed by atoms with Crippen molar-refractivity contribution in [2.45, 2.75) is 13.3 Å². The summed E-state index contributed by atoms with van der Waals surface area (Å²) in [5.41, 5.74) is 8.08. The summed E-state index contributed by atoms with van der Waals surface area (Å²) in [6.45, 7) is 2.62. The molecule has 4 heteroatoms. The molecule has 100 valence electrons. The zero-order valence-electron chi connectivity index (χ0n) is 11.2. The summed E-state index contributed by atoms with van der Waals surface area (Å²) < 4.78 is 0. The number of hydrogen-bond acceptors (Lipinski definition) is 3. The molecule has 0 saturated heterocycles. The normalized spacial score (nSPS) is 10.4. The average molecular weight is 274 g/mol. The maximum atomic E-state index is 12.3. The molecular weight excluding hydrogens is 256 g/mol. The summed E-state index contributed by atoms with van der Waals surface area (Å²) >= 11 is 1.72. The van der Waals surface area contributed by atoms with E-state index in [2.05, 4.69) is 11.4 Å². The van der Waals surface area contributed by atoms with Crippen LogP contribution in [0, 0.1) is 6.92 Å². The number of likely N-dealkylation sites (N-methyl/N-ethyl adjacent to an activating group) is 1. The summed E-state index contributed by atoms with van der Waals surface area (Å²) in [5.74, 6) is -0.0160. The van der Waals surface area contributed by atoms with Crippen molar-refractivity contribution in [1.82, 2.24) is 4.90 Å². The van der Waals surface area contributed by atoms with Crippen molar-refractivity contribution in [3.05, 3.63) is 51.7 Å². The van der Waals surface area contributed by atoms with Crippen molar-refractivity contribution in [3.63, 3.8) is 0 Å². The van der Waals surface area contributed by atoms with E-state index in [0.717, 1.165) is 12.0 Å². The van der Waals surface area contributed by atoms with Gasteiger partial charge in [-0.05, 0) is 36.4 Å². The number of carbonyl (C=O) groups excluding carboxylic acids is 1. The maximum absolute atomic E-state index is 12.3. The predicted molar refractivity (Wildman–Crippen MR) is 80.6 cm³/mol. The Hall–Kier alpha value is -1.81. The highest BCUT2D eigenvalue weighted by molar-refractivity contribution is 7.09. The third-order valence-corrected chi connectivity index (χ3v) is 4.11. The lowest BCUT2D eigenvalue weighted by Crippen LogP contribution is -2.29. The Balaban J connectivity index is 2.04. The molecule has 0 aliphatic heterocycles. The number of nitrogens with two attached hydrogens (primary N) is 1. The van der Waals surface area contributed by atoms with Crippen LogP contribution >= 0.6 is 11.3 Å². The highest BCUT2D eigenvalue weighted by Gasteiger charge is 2.15. The highest BCUT2D eigenvalue weighted by Crippen LogP contribution is 2.18. The van der Waals surface area contributed by atoms with Gasteiger partial charge in [0.2, 0.25) is 0 Å². The van der Waals surface area contributed by atoms with E-state index in [1.54, 1.807) is 22.3 Å². The molecule has 1 heterocycles. The number of nitrogen functional groups attached to an aromatic ring is 1. The minimum absolute atomic E-state index is 0.0160. The average Bonchev–Trinajstić information content (AvgIpc) is 2.91. The fourth-order valence-corrected chi connectivity index (χ4v) is 2.61. The number of benzene rings is 1. The largest absolute Gasteiger partial charge is 0.398 e. The number of amides is 1. The van der Waals surface area contributed by atoms with Crippen LogP contribution in [0.25, 0.3) is 0 Å². The molecule has 2 rings (SSSR count). The van der Waals surface area contributed by atoms with Gasteiger partial charge in [-0.25, -0.2) is 0 Å². The molecule has 0 fully saturated rings. The maximum Gasteiger partial charge on any atom is 0.255 e. The molecule has 0 saturated carbocycles. The fraction of sp³-hybridized carbons (Fsp3) is 0.267. The second-order valence-corrected chi connectivity index (χ2v) is 5.62. The van der Waals surface area contributed by atoms with Crippen molar-refractivity contribution < 1.29 is 4.79 Å². The molecule has 0 atom stereocenters. The standard InChI is InChI=1S/C15H18N2OS/c1-11-5-3-7-13(14(11)16)15(18)17(2)9-8-12-6-4-10-19-12/h3-7,10H,8-9,16H2,1-2H3. The van der Waals surface area contributed by atoms with Gasteiger partial charge in [-0.15, -0.1) is 11.3 Å². The van der Waals surface area contributed by atoms with Crippen LogP contribution in [0.5, 0.6) is 0 Å². The molecule has 19 heavy (non-hydrogen) atoms. The first-order chi connectivity index (χ1) is 9.09. The SMILES string of the molecule is Cc1cccc(C(=O)N(C)CCc2cccs2)c1N. The fourth-order valence-electron chi connectivity index (χ4n) is 1.91. The summed E-state index contributed by atoms with van der Waals surface area (Å²) in [7, 11) is 1.82. The first kappa shape index (κ1) is 13.6. The van der Waals surface area contributed by atoms with Gasteiger partial charge in [-0.2, -0.15) is 0 Å². The monoisotopic (exact) mass is 274 g/mol. The van der Waals surface area contributed by atoms with Crippen LogP contribution in [-0.4, -0.2) is 24.4 Å². The van der Waals surface area contributed by atoms with Gasteiger partial charge in [0.15, 0.2) is 0 Å². The Morgan fingerprint density at radius 1 is 1.32 bits per heavy atom. The van der Waals surface area contributed by atoms with Gasteiger partial charge in [-0.3, -0.25) is 4.79 Å². The molecule has 2 N–H and O–H groups in total. The van der Waals surface area contributed by atoms with E-state index in [9.17, 15) is 4.79 Å². The lowest BCUT2D eigenvalue weighted by atomic mass is 10.1. The zero-order valence-corrected chi connectivity index (χ0v) is 12.0. The third kappa shape index (κ3) is 3.15. The number of aryl methyl sites for hydroxylation is 1. The highest BCUT2D eigenvalue weighted by atomic mass is 32.1. The van der Waals surface area contributed by atoms with Crippen LogP contribution in [0.15, 0.2) is 35.7 Å². The van der Waals surface area contributed by atoms with E-state index in [1.807, 2.05) is 32.2 Å². The zero-order chi connectivity index (χ0) is 13.8. The van der Waals surface area contributed by atoms with Crippen molar-refractivity contribution in [3.8, 4) is 0 Å². The van der Waals surface area contributed by atoms with Gasteiger partial charge >= 0.3 is 0 Å². The van der Waals surface area contributed by atoms with E-state index >= 15 is 0 Å². The Bertz CT molecular complexity index is 564. The van der Waals surface area contributed by atoms with Crippen LogP contribution in [0.3, 0.4) is 0 Å². The first-order valence-corrected chi connectivity index (χ1v) is 7.10. The van der Waals surface area contributed by atoms with Crippen LogP contribution in [0.4, 0.5) is 5.69 Å². The minimum atomic E-state index is -0.0160. The van der Waals surface area contributed by atoms with Gasteiger partial charge in [0, 0.05) is 24.2 Å². The summed E-state index contributed by atoms with van der Waals surface area (Å²) in [5, 5.41) is 2.05. The molecule has 0 bridgehead atoms. The second-order valence-electron chi connectivity index (χ2n) is 4.59. The smallest absolute Gasteiger partial charge is 0.255 e. The molecule has 3 nitrogen and oxygen atoms in total. The summed E-state index contributed by atoms with van der Waals surface area (Å²) in [6, 6.07) is 9.68. The molecule has 0 radical (unpaired) electrons. The summed E-state index contributed by atoms with van der Waals surface area (Å²) in [6.07, 6.45) is 0.881. The van der Waals surface area contributed by atoms with Gasteiger partial charge < -0.3 is 10.6 Å². The molecule has 0 aliphatic carbocycles. The number of rotatable bonds is 4. The van der Waals surface area contributed by atoms with Crippen LogP contribution in [0.2, 0.25) is 0 Å². The molecule has 0 aliphatic rings. The number of anilines is 1. The van der Waals surface area contributed by atoms with Gasteiger partial charge in [-0.1, -0.05) is 18.2 Å². The van der Waals surface area contributed by atoms with Crippen molar-refractivity contribution in [2.75, 3.05) is 19.3 Å². The molecule has 0 spiro atoms. The topological polar surface area (TPSA) is 46.3 Å². The quantitative estimate of drug-likeness (QED) is 0.871. The number of nitrogens with zero attached hydrogens (tertiary/aromatic N) is 1. The second kappa shape index (κ2) is 5.89. The van der Waals surface area contributed by atoms with Crippen LogP contribution in [0.1, 0.15) is 20.8 Å². The van der Waals surface area contributed by atoms with E-state index in [0.29, 0.717) is 17.8 Å². The lowest BCUT2D eigenvalue weighted by Gasteiger charge is -2.18. The third-order valence-electron chi connectivity index (χ3n) is 3.17. The Morgan fingerprint density at radius 3 is 2.79 bits per heavy atom. The number of thiophene rings is 1. The first-order valence-electron chi connectivity index (χ1n) is 6.22. The van der Waals surface area contributed by atoms with E-state index in [-0.39, 0.29) is 5.91 Å². The Morgan fingerprint density at radius 2 is 2.11 bits per heavy atom. The van der Waals surface area contributed by atoms with E-state index in [1.165, 1.54) is 4.88 Å². The number of para-hydroxylation sites is 1.